The molecule has 22 heavy (non-hydrogen) atoms. The summed E-state index contributed by atoms with van der Waals surface area (Å²) >= 11 is 1.36. The summed E-state index contributed by atoms with van der Waals surface area (Å²) in [5, 5.41) is 5.11. The number of amides is 1. The molecule has 0 fully saturated rings. The summed E-state index contributed by atoms with van der Waals surface area (Å²) < 4.78 is 5.17. The lowest BCUT2D eigenvalue weighted by Crippen LogP contribution is -2.20. The summed E-state index contributed by atoms with van der Waals surface area (Å²) in [4.78, 5) is 23.9. The molecule has 0 aliphatic carbocycles. The number of anilines is 1. The number of carbonyl (C=O) groups is 1. The molecule has 2 aromatic heterocycles. The van der Waals surface area contributed by atoms with Crippen molar-refractivity contribution in [2.75, 3.05) is 11.9 Å². The largest absolute Gasteiger partial charge is 0.453 e. The van der Waals surface area contributed by atoms with E-state index in [0.717, 1.165) is 11.3 Å². The Morgan fingerprint density at radius 2 is 1.91 bits per heavy atom. The van der Waals surface area contributed by atoms with Gasteiger partial charge in [0.15, 0.2) is 11.7 Å². The van der Waals surface area contributed by atoms with E-state index in [1.807, 2.05) is 35.7 Å². The molecule has 0 aliphatic rings. The maximum absolute atomic E-state index is 11.8. The van der Waals surface area contributed by atoms with Gasteiger partial charge >= 0.3 is 6.01 Å². The van der Waals surface area contributed by atoms with Gasteiger partial charge < -0.3 is 4.74 Å². The maximum atomic E-state index is 11.8. The van der Waals surface area contributed by atoms with Gasteiger partial charge in [0.2, 0.25) is 0 Å². The topological polar surface area (TPSA) is 77.0 Å². The van der Waals surface area contributed by atoms with E-state index in [-0.39, 0.29) is 18.5 Å². The van der Waals surface area contributed by atoms with E-state index in [1.54, 1.807) is 18.5 Å². The number of hydrogen-bond acceptors (Lipinski definition) is 6. The summed E-state index contributed by atoms with van der Waals surface area (Å²) in [6.45, 7) is -0.162. The molecular formula is C15H12N4O2S. The zero-order valence-electron chi connectivity index (χ0n) is 11.5. The second-order valence-electron chi connectivity index (χ2n) is 4.27. The minimum Gasteiger partial charge on any atom is -0.453 e. The number of benzene rings is 1. The number of nitrogens with one attached hydrogen (secondary N) is 1. The van der Waals surface area contributed by atoms with E-state index in [2.05, 4.69) is 20.3 Å². The first-order chi connectivity index (χ1) is 10.8. The molecule has 2 heterocycles. The third-order valence-electron chi connectivity index (χ3n) is 2.69. The van der Waals surface area contributed by atoms with E-state index < -0.39 is 0 Å². The fourth-order valence-electron chi connectivity index (χ4n) is 1.72. The Hall–Kier alpha value is -2.80. The molecule has 0 bridgehead atoms. The monoisotopic (exact) mass is 312 g/mol. The molecule has 0 saturated heterocycles. The molecule has 0 aliphatic heterocycles. The number of hydrogen-bond donors (Lipinski definition) is 1. The van der Waals surface area contributed by atoms with Crippen LogP contribution in [0.3, 0.4) is 0 Å². The molecule has 1 aromatic carbocycles. The summed E-state index contributed by atoms with van der Waals surface area (Å²) in [7, 11) is 0. The third kappa shape index (κ3) is 3.64. The van der Waals surface area contributed by atoms with Gasteiger partial charge in [-0.25, -0.2) is 15.0 Å². The fraction of sp³-hybridized carbons (Fsp3) is 0.0667. The highest BCUT2D eigenvalue weighted by Crippen LogP contribution is 2.24. The normalized spacial score (nSPS) is 10.2. The van der Waals surface area contributed by atoms with Crippen LogP contribution in [0.4, 0.5) is 5.13 Å². The van der Waals surface area contributed by atoms with Crippen molar-refractivity contribution in [3.05, 3.63) is 54.2 Å². The van der Waals surface area contributed by atoms with Gasteiger partial charge in [-0.3, -0.25) is 10.1 Å². The maximum Gasteiger partial charge on any atom is 0.316 e. The number of ether oxygens (including phenoxy) is 1. The lowest BCUT2D eigenvalue weighted by Gasteiger charge is -2.03. The van der Waals surface area contributed by atoms with Gasteiger partial charge in [-0.2, -0.15) is 0 Å². The van der Waals surface area contributed by atoms with Crippen molar-refractivity contribution in [3.8, 4) is 17.3 Å². The van der Waals surface area contributed by atoms with Gasteiger partial charge in [-0.1, -0.05) is 30.3 Å². The summed E-state index contributed by atoms with van der Waals surface area (Å²) in [6.07, 6.45) is 3.10. The number of thiazole rings is 1. The molecule has 3 aromatic rings. The lowest BCUT2D eigenvalue weighted by atomic mass is 10.2. The SMILES string of the molecule is O=C(COc1ncccn1)Nc1nc(-c2ccccc2)cs1. The van der Waals surface area contributed by atoms with Crippen LogP contribution in [0.2, 0.25) is 0 Å². The molecule has 0 atom stereocenters. The molecule has 0 radical (unpaired) electrons. The summed E-state index contributed by atoms with van der Waals surface area (Å²) in [5.74, 6) is -0.304. The second-order valence-corrected chi connectivity index (χ2v) is 5.13. The minimum absolute atomic E-state index is 0.162. The van der Waals surface area contributed by atoms with Gasteiger partial charge in [-0.05, 0) is 6.07 Å². The van der Waals surface area contributed by atoms with Crippen molar-refractivity contribution >= 4 is 22.4 Å². The first kappa shape index (κ1) is 14.2. The van der Waals surface area contributed by atoms with Crippen LogP contribution >= 0.6 is 11.3 Å². The van der Waals surface area contributed by atoms with Crippen LogP contribution in [-0.2, 0) is 4.79 Å². The average Bonchev–Trinajstić information content (AvgIpc) is 3.03. The average molecular weight is 312 g/mol. The van der Waals surface area contributed by atoms with Crippen LogP contribution < -0.4 is 10.1 Å². The van der Waals surface area contributed by atoms with Gasteiger partial charge in [-0.15, -0.1) is 11.3 Å². The molecule has 0 spiro atoms. The lowest BCUT2D eigenvalue weighted by molar-refractivity contribution is -0.118. The highest BCUT2D eigenvalue weighted by molar-refractivity contribution is 7.14. The van der Waals surface area contributed by atoms with Gasteiger partial charge in [0.25, 0.3) is 5.91 Å². The summed E-state index contributed by atoms with van der Waals surface area (Å²) in [5.41, 5.74) is 1.83. The van der Waals surface area contributed by atoms with Crippen LogP contribution in [0.15, 0.2) is 54.2 Å². The fourth-order valence-corrected chi connectivity index (χ4v) is 2.45. The van der Waals surface area contributed by atoms with E-state index in [9.17, 15) is 4.79 Å². The minimum atomic E-state index is -0.304. The van der Waals surface area contributed by atoms with Crippen LogP contribution in [0.25, 0.3) is 11.3 Å². The van der Waals surface area contributed by atoms with Crippen LogP contribution in [0, 0.1) is 0 Å². The van der Waals surface area contributed by atoms with Crippen molar-refractivity contribution in [1.82, 2.24) is 15.0 Å². The first-order valence-electron chi connectivity index (χ1n) is 6.52. The van der Waals surface area contributed by atoms with Crippen molar-refractivity contribution < 1.29 is 9.53 Å². The Morgan fingerprint density at radius 1 is 1.14 bits per heavy atom. The van der Waals surface area contributed by atoms with E-state index >= 15 is 0 Å². The van der Waals surface area contributed by atoms with Gasteiger partial charge in [0.05, 0.1) is 5.69 Å². The molecule has 1 N–H and O–H groups in total. The van der Waals surface area contributed by atoms with Crippen molar-refractivity contribution in [2.24, 2.45) is 0 Å². The molecular weight excluding hydrogens is 300 g/mol. The molecule has 7 heteroatoms. The Kier molecular flexibility index (Phi) is 4.35. The molecule has 0 saturated carbocycles. The molecule has 1 amide bonds. The quantitative estimate of drug-likeness (QED) is 0.783. The Morgan fingerprint density at radius 3 is 2.68 bits per heavy atom. The van der Waals surface area contributed by atoms with Gasteiger partial charge in [0, 0.05) is 23.3 Å². The van der Waals surface area contributed by atoms with Crippen molar-refractivity contribution in [2.45, 2.75) is 0 Å². The second kappa shape index (κ2) is 6.77. The first-order valence-corrected chi connectivity index (χ1v) is 7.40. The zero-order valence-corrected chi connectivity index (χ0v) is 12.3. The predicted molar refractivity (Wildman–Crippen MR) is 83.7 cm³/mol. The van der Waals surface area contributed by atoms with Crippen molar-refractivity contribution in [3.63, 3.8) is 0 Å². The van der Waals surface area contributed by atoms with E-state index in [1.165, 1.54) is 11.3 Å². The third-order valence-corrected chi connectivity index (χ3v) is 3.45. The Bertz CT molecular complexity index is 747. The zero-order chi connectivity index (χ0) is 15.2. The summed E-state index contributed by atoms with van der Waals surface area (Å²) in [6, 6.07) is 11.6. The Balaban J connectivity index is 1.57. The molecule has 6 nitrogen and oxygen atoms in total. The van der Waals surface area contributed by atoms with Crippen LogP contribution in [0.5, 0.6) is 6.01 Å². The van der Waals surface area contributed by atoms with Crippen LogP contribution in [-0.4, -0.2) is 27.5 Å². The standard InChI is InChI=1S/C15H12N4O2S/c20-13(9-21-14-16-7-4-8-17-14)19-15-18-12(10-22-15)11-5-2-1-3-6-11/h1-8,10H,9H2,(H,18,19,20). The molecule has 110 valence electrons. The highest BCUT2D eigenvalue weighted by atomic mass is 32.1. The highest BCUT2D eigenvalue weighted by Gasteiger charge is 2.09. The molecule has 0 unspecified atom stereocenters. The van der Waals surface area contributed by atoms with E-state index in [0.29, 0.717) is 5.13 Å². The molecule has 3 rings (SSSR count). The smallest absolute Gasteiger partial charge is 0.316 e. The number of aromatic nitrogens is 3. The number of carbonyl (C=O) groups excluding carboxylic acids is 1. The van der Waals surface area contributed by atoms with Crippen molar-refractivity contribution in [1.29, 1.82) is 0 Å². The number of nitrogens with zero attached hydrogens (tertiary/aromatic N) is 3. The van der Waals surface area contributed by atoms with Crippen LogP contribution in [0.1, 0.15) is 0 Å². The van der Waals surface area contributed by atoms with E-state index in [4.69, 9.17) is 4.74 Å². The van der Waals surface area contributed by atoms with Gasteiger partial charge in [0.1, 0.15) is 0 Å². The number of rotatable bonds is 5. The Labute approximate surface area is 130 Å². The predicted octanol–water partition coefficient (Wildman–Crippen LogP) is 2.62.